The van der Waals surface area contributed by atoms with Crippen molar-refractivity contribution in [2.75, 3.05) is 0 Å². The van der Waals surface area contributed by atoms with E-state index >= 15 is 0 Å². The molecule has 112 valence electrons. The number of phenols is 3. The van der Waals surface area contributed by atoms with E-state index in [2.05, 4.69) is 0 Å². The van der Waals surface area contributed by atoms with E-state index in [0.29, 0.717) is 0 Å². The maximum Gasteiger partial charge on any atom is 0.202 e. The summed E-state index contributed by atoms with van der Waals surface area (Å²) >= 11 is 0. The summed E-state index contributed by atoms with van der Waals surface area (Å²) in [6.07, 6.45) is 0. The minimum absolute atomic E-state index is 0.136. The van der Waals surface area contributed by atoms with Crippen molar-refractivity contribution in [2.45, 2.75) is 0 Å². The van der Waals surface area contributed by atoms with Crippen molar-refractivity contribution in [3.63, 3.8) is 0 Å². The van der Waals surface area contributed by atoms with Gasteiger partial charge in [-0.2, -0.15) is 0 Å². The molecule has 1 heterocycles. The van der Waals surface area contributed by atoms with E-state index in [4.69, 9.17) is 4.42 Å². The summed E-state index contributed by atoms with van der Waals surface area (Å²) in [5.74, 6) is -3.06. The fraction of sp³-hybridized carbons (Fsp3) is 0. The topological polar surface area (TPSA) is 131 Å². The summed E-state index contributed by atoms with van der Waals surface area (Å²) in [6.45, 7) is 0. The SMILES string of the molecule is O=c1cc2oc(-c3ccc(O)c(O)c3)c(O)c(O)c-2c(O)c1. The van der Waals surface area contributed by atoms with Crippen LogP contribution in [0.3, 0.4) is 0 Å². The Balaban J connectivity index is 2.36. The van der Waals surface area contributed by atoms with Gasteiger partial charge in [-0.15, -0.1) is 0 Å². The van der Waals surface area contributed by atoms with Crippen molar-refractivity contribution in [3.05, 3.63) is 40.6 Å². The van der Waals surface area contributed by atoms with Gasteiger partial charge in [0.2, 0.25) is 5.75 Å². The molecule has 0 unspecified atom stereocenters. The predicted octanol–water partition coefficient (Wildman–Crippen LogP) is 1.94. The molecule has 7 nitrogen and oxygen atoms in total. The summed E-state index contributed by atoms with van der Waals surface area (Å²) in [4.78, 5) is 11.4. The third-order valence-electron chi connectivity index (χ3n) is 3.18. The van der Waals surface area contributed by atoms with Crippen molar-refractivity contribution >= 4 is 0 Å². The molecule has 0 aromatic heterocycles. The van der Waals surface area contributed by atoms with Crippen LogP contribution in [0.1, 0.15) is 0 Å². The van der Waals surface area contributed by atoms with Crippen LogP contribution in [0.5, 0.6) is 28.7 Å². The van der Waals surface area contributed by atoms with Gasteiger partial charge >= 0.3 is 0 Å². The lowest BCUT2D eigenvalue weighted by Crippen LogP contribution is -1.99. The molecule has 22 heavy (non-hydrogen) atoms. The first-order valence-electron chi connectivity index (χ1n) is 6.12. The normalized spacial score (nSPS) is 10.9. The summed E-state index contributed by atoms with van der Waals surface area (Å²) in [6, 6.07) is 5.53. The standard InChI is InChI=1S/C15H10O7/c16-7-4-10(19)12-11(5-7)22-15(14(21)13(12)20)6-1-2-8(17)9(18)3-6/h1-5,17-21H. The monoisotopic (exact) mass is 302 g/mol. The summed E-state index contributed by atoms with van der Waals surface area (Å²) < 4.78 is 5.35. The number of hydrogen-bond acceptors (Lipinski definition) is 7. The zero-order valence-corrected chi connectivity index (χ0v) is 10.9. The molecule has 0 saturated carbocycles. The number of rotatable bonds is 1. The van der Waals surface area contributed by atoms with Gasteiger partial charge in [0.25, 0.3) is 0 Å². The van der Waals surface area contributed by atoms with Crippen LogP contribution >= 0.6 is 0 Å². The first-order chi connectivity index (χ1) is 10.4. The van der Waals surface area contributed by atoms with E-state index in [1.165, 1.54) is 12.1 Å². The van der Waals surface area contributed by atoms with Gasteiger partial charge in [0.05, 0.1) is 0 Å². The maximum atomic E-state index is 11.4. The average molecular weight is 302 g/mol. The quantitative estimate of drug-likeness (QED) is 0.434. The van der Waals surface area contributed by atoms with Crippen LogP contribution in [-0.4, -0.2) is 25.5 Å². The fourth-order valence-electron chi connectivity index (χ4n) is 2.14. The van der Waals surface area contributed by atoms with Crippen LogP contribution in [-0.2, 0) is 0 Å². The molecule has 0 bridgehead atoms. The molecule has 1 aliphatic carbocycles. The Labute approximate surface area is 122 Å². The highest BCUT2D eigenvalue weighted by molar-refractivity contribution is 5.82. The molecular weight excluding hydrogens is 292 g/mol. The highest BCUT2D eigenvalue weighted by Gasteiger charge is 2.24. The van der Waals surface area contributed by atoms with Crippen molar-refractivity contribution < 1.29 is 29.9 Å². The number of aromatic hydroxyl groups is 5. The first kappa shape index (κ1) is 13.6. The molecule has 0 atom stereocenters. The second-order valence-electron chi connectivity index (χ2n) is 4.65. The summed E-state index contributed by atoms with van der Waals surface area (Å²) in [5.41, 5.74) is -0.594. The van der Waals surface area contributed by atoms with Gasteiger partial charge in [-0.25, -0.2) is 0 Å². The van der Waals surface area contributed by atoms with E-state index < -0.39 is 28.4 Å². The molecule has 2 aliphatic rings. The van der Waals surface area contributed by atoms with Crippen LogP contribution < -0.4 is 5.43 Å². The van der Waals surface area contributed by atoms with E-state index in [1.54, 1.807) is 0 Å². The Morgan fingerprint density at radius 3 is 2.18 bits per heavy atom. The summed E-state index contributed by atoms with van der Waals surface area (Å²) in [5, 5.41) is 48.5. The van der Waals surface area contributed by atoms with E-state index in [0.717, 1.165) is 18.2 Å². The Bertz CT molecular complexity index is 911. The highest BCUT2D eigenvalue weighted by Crippen LogP contribution is 2.48. The molecule has 5 N–H and O–H groups in total. The lowest BCUT2D eigenvalue weighted by atomic mass is 10.0. The molecule has 1 aromatic rings. The van der Waals surface area contributed by atoms with Crippen molar-refractivity contribution in [1.29, 1.82) is 0 Å². The van der Waals surface area contributed by atoms with Gasteiger partial charge in [0, 0.05) is 17.7 Å². The maximum absolute atomic E-state index is 11.4. The van der Waals surface area contributed by atoms with Crippen LogP contribution in [0.2, 0.25) is 0 Å². The van der Waals surface area contributed by atoms with Gasteiger partial charge in [0.15, 0.2) is 28.4 Å². The second kappa shape index (κ2) is 4.59. The van der Waals surface area contributed by atoms with Crippen molar-refractivity contribution in [2.24, 2.45) is 0 Å². The zero-order valence-electron chi connectivity index (χ0n) is 10.9. The van der Waals surface area contributed by atoms with E-state index in [9.17, 15) is 30.3 Å². The largest absolute Gasteiger partial charge is 0.507 e. The minimum atomic E-state index is -0.675. The molecule has 0 saturated heterocycles. The number of hydrogen-bond donors (Lipinski definition) is 5. The molecule has 7 heteroatoms. The Morgan fingerprint density at radius 1 is 0.773 bits per heavy atom. The van der Waals surface area contributed by atoms with Gasteiger partial charge < -0.3 is 29.9 Å². The highest BCUT2D eigenvalue weighted by atomic mass is 16.4. The molecule has 3 rings (SSSR count). The first-order valence-corrected chi connectivity index (χ1v) is 6.12. The third-order valence-corrected chi connectivity index (χ3v) is 3.18. The number of phenolic OH excluding ortho intramolecular Hbond substituents is 3. The lowest BCUT2D eigenvalue weighted by molar-refractivity contribution is 0.380. The van der Waals surface area contributed by atoms with Gasteiger partial charge in [-0.1, -0.05) is 0 Å². The molecule has 0 spiro atoms. The van der Waals surface area contributed by atoms with E-state index in [1.807, 2.05) is 0 Å². The van der Waals surface area contributed by atoms with Gasteiger partial charge in [0.1, 0.15) is 17.1 Å². The molecule has 1 aromatic carbocycles. The Hall–Kier alpha value is -3.35. The third kappa shape index (κ3) is 1.96. The van der Waals surface area contributed by atoms with Crippen LogP contribution in [0.25, 0.3) is 22.6 Å². The smallest absolute Gasteiger partial charge is 0.202 e. The van der Waals surface area contributed by atoms with Crippen LogP contribution in [0.15, 0.2) is 39.5 Å². The molecule has 1 aliphatic heterocycles. The molecule has 0 radical (unpaired) electrons. The van der Waals surface area contributed by atoms with Crippen molar-refractivity contribution in [3.8, 4) is 51.4 Å². The molecular formula is C15H10O7. The Morgan fingerprint density at radius 2 is 1.50 bits per heavy atom. The zero-order chi connectivity index (χ0) is 16.0. The predicted molar refractivity (Wildman–Crippen MR) is 75.4 cm³/mol. The lowest BCUT2D eigenvalue weighted by Gasteiger charge is -2.14. The summed E-state index contributed by atoms with van der Waals surface area (Å²) in [7, 11) is 0. The van der Waals surface area contributed by atoms with Gasteiger partial charge in [-0.05, 0) is 18.2 Å². The molecule has 0 amide bonds. The Kier molecular flexibility index (Phi) is 2.84. The molecule has 0 fully saturated rings. The van der Waals surface area contributed by atoms with Gasteiger partial charge in [-0.3, -0.25) is 4.79 Å². The minimum Gasteiger partial charge on any atom is -0.507 e. The van der Waals surface area contributed by atoms with E-state index in [-0.39, 0.29) is 28.4 Å². The fourth-order valence-corrected chi connectivity index (χ4v) is 2.14. The van der Waals surface area contributed by atoms with Crippen molar-refractivity contribution in [1.82, 2.24) is 0 Å². The average Bonchev–Trinajstić information content (AvgIpc) is 2.45. The van der Waals surface area contributed by atoms with Crippen LogP contribution in [0.4, 0.5) is 0 Å². The number of benzene rings is 2. The van der Waals surface area contributed by atoms with Crippen LogP contribution in [0, 0.1) is 0 Å². The number of fused-ring (bicyclic) bond motifs is 1. The second-order valence-corrected chi connectivity index (χ2v) is 4.65.